The summed E-state index contributed by atoms with van der Waals surface area (Å²) >= 11 is 1.69. The Hall–Kier alpha value is -0.880. The summed E-state index contributed by atoms with van der Waals surface area (Å²) in [4.78, 5) is 1.69. The molecule has 1 rings (SSSR count). The van der Waals surface area contributed by atoms with Gasteiger partial charge in [0.05, 0.1) is 5.56 Å². The van der Waals surface area contributed by atoms with Crippen LogP contribution in [0.15, 0.2) is 18.2 Å². The molecule has 0 saturated carbocycles. The Labute approximate surface area is 122 Å². The summed E-state index contributed by atoms with van der Waals surface area (Å²) < 4.78 is 39.5. The Bertz CT molecular complexity index is 435. The Morgan fingerprint density at radius 3 is 2.50 bits per heavy atom. The third kappa shape index (κ3) is 4.31. The van der Waals surface area contributed by atoms with Crippen molar-refractivity contribution in [3.05, 3.63) is 29.3 Å². The SMILES string of the molecule is CSCCC(C)N(C)c1ccc(CN)cc1C(F)(F)F. The van der Waals surface area contributed by atoms with E-state index in [9.17, 15) is 13.2 Å². The molecular weight excluding hydrogens is 285 g/mol. The van der Waals surface area contributed by atoms with Gasteiger partial charge < -0.3 is 10.6 Å². The second kappa shape index (κ2) is 7.22. The van der Waals surface area contributed by atoms with Crippen molar-refractivity contribution in [3.8, 4) is 0 Å². The van der Waals surface area contributed by atoms with E-state index in [2.05, 4.69) is 0 Å². The Morgan fingerprint density at radius 2 is 2.00 bits per heavy atom. The van der Waals surface area contributed by atoms with Crippen molar-refractivity contribution in [2.24, 2.45) is 5.73 Å². The molecule has 0 radical (unpaired) electrons. The molecule has 0 spiro atoms. The number of hydrogen-bond donors (Lipinski definition) is 1. The summed E-state index contributed by atoms with van der Waals surface area (Å²) in [6.45, 7) is 2.04. The molecule has 1 atom stereocenters. The van der Waals surface area contributed by atoms with Crippen LogP contribution in [0, 0.1) is 0 Å². The predicted molar refractivity (Wildman–Crippen MR) is 80.2 cm³/mol. The van der Waals surface area contributed by atoms with Crippen LogP contribution in [0.1, 0.15) is 24.5 Å². The molecule has 6 heteroatoms. The number of anilines is 1. The van der Waals surface area contributed by atoms with Gasteiger partial charge in [0.25, 0.3) is 0 Å². The van der Waals surface area contributed by atoms with Gasteiger partial charge >= 0.3 is 6.18 Å². The molecule has 0 fully saturated rings. The van der Waals surface area contributed by atoms with Gasteiger partial charge in [-0.2, -0.15) is 24.9 Å². The smallest absolute Gasteiger partial charge is 0.371 e. The summed E-state index contributed by atoms with van der Waals surface area (Å²) in [5.41, 5.74) is 5.52. The lowest BCUT2D eigenvalue weighted by atomic mass is 10.1. The fourth-order valence-corrected chi connectivity index (χ4v) is 2.54. The van der Waals surface area contributed by atoms with Crippen molar-refractivity contribution >= 4 is 17.4 Å². The molecule has 20 heavy (non-hydrogen) atoms. The molecule has 1 aromatic carbocycles. The average Bonchev–Trinajstić information content (AvgIpc) is 2.42. The molecule has 0 heterocycles. The molecule has 0 aliphatic carbocycles. The van der Waals surface area contributed by atoms with E-state index in [1.165, 1.54) is 6.07 Å². The standard InChI is InChI=1S/C14H21F3N2S/c1-10(6-7-20-3)19(2)13-5-4-11(9-18)8-12(13)14(15,16)17/h4-5,8,10H,6-7,9,18H2,1-3H3. The zero-order valence-electron chi connectivity index (χ0n) is 12.0. The van der Waals surface area contributed by atoms with Crippen molar-refractivity contribution in [3.63, 3.8) is 0 Å². The maximum absolute atomic E-state index is 13.2. The lowest BCUT2D eigenvalue weighted by Crippen LogP contribution is -2.31. The maximum atomic E-state index is 13.2. The van der Waals surface area contributed by atoms with E-state index >= 15 is 0 Å². The van der Waals surface area contributed by atoms with Crippen molar-refractivity contribution in [1.29, 1.82) is 0 Å². The summed E-state index contributed by atoms with van der Waals surface area (Å²) in [5.74, 6) is 0.924. The summed E-state index contributed by atoms with van der Waals surface area (Å²) in [5, 5.41) is 0. The number of alkyl halides is 3. The Morgan fingerprint density at radius 1 is 1.35 bits per heavy atom. The van der Waals surface area contributed by atoms with E-state index in [4.69, 9.17) is 5.73 Å². The summed E-state index contributed by atoms with van der Waals surface area (Å²) in [6, 6.07) is 4.36. The number of nitrogens with zero attached hydrogens (tertiary/aromatic N) is 1. The third-order valence-corrected chi connectivity index (χ3v) is 4.03. The van der Waals surface area contributed by atoms with Gasteiger partial charge in [-0.15, -0.1) is 0 Å². The topological polar surface area (TPSA) is 29.3 Å². The zero-order chi connectivity index (χ0) is 15.3. The van der Waals surface area contributed by atoms with Crippen LogP contribution in [-0.2, 0) is 12.7 Å². The quantitative estimate of drug-likeness (QED) is 0.868. The molecular formula is C14H21F3N2S. The highest BCUT2D eigenvalue weighted by molar-refractivity contribution is 7.98. The highest BCUT2D eigenvalue weighted by Crippen LogP contribution is 2.37. The van der Waals surface area contributed by atoms with Crippen LogP contribution in [0.4, 0.5) is 18.9 Å². The van der Waals surface area contributed by atoms with Crippen LogP contribution >= 0.6 is 11.8 Å². The number of thioether (sulfide) groups is 1. The van der Waals surface area contributed by atoms with E-state index < -0.39 is 11.7 Å². The maximum Gasteiger partial charge on any atom is 0.418 e. The van der Waals surface area contributed by atoms with Crippen LogP contribution in [-0.4, -0.2) is 25.1 Å². The fourth-order valence-electron chi connectivity index (χ4n) is 1.96. The zero-order valence-corrected chi connectivity index (χ0v) is 12.8. The van der Waals surface area contributed by atoms with Crippen LogP contribution in [0.2, 0.25) is 0 Å². The van der Waals surface area contributed by atoms with Crippen molar-refractivity contribution in [2.45, 2.75) is 32.1 Å². The molecule has 2 N–H and O–H groups in total. The molecule has 0 aliphatic rings. The highest BCUT2D eigenvalue weighted by atomic mass is 32.2. The normalized spacial score (nSPS) is 13.3. The average molecular weight is 306 g/mol. The van der Waals surface area contributed by atoms with Gasteiger partial charge in [-0.05, 0) is 43.0 Å². The summed E-state index contributed by atoms with van der Waals surface area (Å²) in [7, 11) is 1.71. The van der Waals surface area contributed by atoms with Gasteiger partial charge in [-0.25, -0.2) is 0 Å². The monoisotopic (exact) mass is 306 g/mol. The van der Waals surface area contributed by atoms with E-state index in [1.54, 1.807) is 29.8 Å². The third-order valence-electron chi connectivity index (χ3n) is 3.38. The minimum absolute atomic E-state index is 0.0484. The molecule has 0 amide bonds. The van der Waals surface area contributed by atoms with Gasteiger partial charge in [-0.3, -0.25) is 0 Å². The molecule has 0 aromatic heterocycles. The molecule has 2 nitrogen and oxygen atoms in total. The summed E-state index contributed by atoms with van der Waals surface area (Å²) in [6.07, 6.45) is -1.54. The number of nitrogens with two attached hydrogens (primary N) is 1. The first-order valence-corrected chi connectivity index (χ1v) is 7.82. The van der Waals surface area contributed by atoms with Gasteiger partial charge in [-0.1, -0.05) is 6.07 Å². The first-order chi connectivity index (χ1) is 9.31. The molecule has 0 bridgehead atoms. The van der Waals surface area contributed by atoms with Crippen LogP contribution < -0.4 is 10.6 Å². The molecule has 1 aromatic rings. The van der Waals surface area contributed by atoms with Gasteiger partial charge in [0.2, 0.25) is 0 Å². The van der Waals surface area contributed by atoms with E-state index in [0.717, 1.165) is 18.2 Å². The van der Waals surface area contributed by atoms with Crippen LogP contribution in [0.25, 0.3) is 0 Å². The minimum Gasteiger partial charge on any atom is -0.371 e. The lowest BCUT2D eigenvalue weighted by Gasteiger charge is -2.29. The van der Waals surface area contributed by atoms with Crippen molar-refractivity contribution in [1.82, 2.24) is 0 Å². The van der Waals surface area contributed by atoms with E-state index in [-0.39, 0.29) is 18.3 Å². The minimum atomic E-state index is -4.37. The lowest BCUT2D eigenvalue weighted by molar-refractivity contribution is -0.137. The van der Waals surface area contributed by atoms with Crippen molar-refractivity contribution < 1.29 is 13.2 Å². The van der Waals surface area contributed by atoms with Crippen molar-refractivity contribution in [2.75, 3.05) is 24.0 Å². The van der Waals surface area contributed by atoms with Gasteiger partial charge in [0.1, 0.15) is 0 Å². The van der Waals surface area contributed by atoms with E-state index in [1.807, 2.05) is 13.2 Å². The van der Waals surface area contributed by atoms with Crippen LogP contribution in [0.5, 0.6) is 0 Å². The first-order valence-electron chi connectivity index (χ1n) is 6.43. The number of hydrogen-bond acceptors (Lipinski definition) is 3. The van der Waals surface area contributed by atoms with Crippen LogP contribution in [0.3, 0.4) is 0 Å². The number of halogens is 3. The molecule has 0 saturated heterocycles. The second-order valence-corrected chi connectivity index (χ2v) is 5.78. The van der Waals surface area contributed by atoms with E-state index in [0.29, 0.717) is 5.56 Å². The molecule has 0 aliphatic heterocycles. The van der Waals surface area contributed by atoms with Gasteiger partial charge in [0, 0.05) is 25.3 Å². The first kappa shape index (κ1) is 17.2. The molecule has 114 valence electrons. The Balaban J connectivity index is 3.10. The molecule has 1 unspecified atom stereocenters. The number of rotatable bonds is 6. The predicted octanol–water partition coefficient (Wildman–Crippen LogP) is 3.74. The Kier molecular flexibility index (Phi) is 6.20. The van der Waals surface area contributed by atoms with Gasteiger partial charge in [0.15, 0.2) is 0 Å². The second-order valence-electron chi connectivity index (χ2n) is 4.79. The highest BCUT2D eigenvalue weighted by Gasteiger charge is 2.35. The fraction of sp³-hybridized carbons (Fsp3) is 0.571. The largest absolute Gasteiger partial charge is 0.418 e. The number of benzene rings is 1.